The molecule has 0 saturated carbocycles. The number of pyridine rings is 1. The number of carbonyl (C=O) groups excluding carboxylic acids is 3. The predicted octanol–water partition coefficient (Wildman–Crippen LogP) is 3.40. The van der Waals surface area contributed by atoms with Crippen LogP contribution in [0.25, 0.3) is 16.6 Å². The molecule has 31 heavy (non-hydrogen) atoms. The van der Waals surface area contributed by atoms with Gasteiger partial charge in [-0.2, -0.15) is 0 Å². The molecule has 3 aromatic rings. The molecule has 0 unspecified atom stereocenters. The lowest BCUT2D eigenvalue weighted by Gasteiger charge is -2.21. The molecule has 0 bridgehead atoms. The third-order valence-electron chi connectivity index (χ3n) is 4.82. The number of benzene rings is 2. The number of Topliss-reactive ketones (excluding diaryl/α,β-unsaturated/α-hetero) is 1. The number of fused-ring (bicyclic) bond motifs is 1. The Bertz CT molecular complexity index is 1180. The van der Waals surface area contributed by atoms with Crippen LogP contribution in [0.5, 0.6) is 0 Å². The summed E-state index contributed by atoms with van der Waals surface area (Å²) in [5, 5.41) is 0.419. The van der Waals surface area contributed by atoms with E-state index in [-0.39, 0.29) is 24.3 Å². The topological polar surface area (TPSA) is 91.7 Å². The second kappa shape index (κ2) is 9.38. The first-order valence-electron chi connectivity index (χ1n) is 9.99. The Kier molecular flexibility index (Phi) is 6.65. The van der Waals surface area contributed by atoms with E-state index in [1.54, 1.807) is 62.4 Å². The zero-order valence-corrected chi connectivity index (χ0v) is 17.6. The maximum Gasteiger partial charge on any atom is 0.324 e. The molecule has 0 saturated heterocycles. The number of esters is 2. The fourth-order valence-corrected chi connectivity index (χ4v) is 3.62. The third-order valence-corrected chi connectivity index (χ3v) is 4.82. The maximum absolute atomic E-state index is 13.5. The van der Waals surface area contributed by atoms with Crippen LogP contribution in [-0.4, -0.2) is 35.5 Å². The van der Waals surface area contributed by atoms with E-state index in [0.29, 0.717) is 16.6 Å². The highest BCUT2D eigenvalue weighted by Crippen LogP contribution is 2.31. The molecule has 0 spiro atoms. The molecule has 0 aliphatic carbocycles. The van der Waals surface area contributed by atoms with Gasteiger partial charge in [-0.3, -0.25) is 23.7 Å². The van der Waals surface area contributed by atoms with Gasteiger partial charge in [-0.15, -0.1) is 0 Å². The highest BCUT2D eigenvalue weighted by molar-refractivity contribution is 6.10. The fourth-order valence-electron chi connectivity index (χ4n) is 3.62. The summed E-state index contributed by atoms with van der Waals surface area (Å²) >= 11 is 0. The number of para-hydroxylation sites is 2. The van der Waals surface area contributed by atoms with Crippen LogP contribution in [0.1, 0.15) is 42.6 Å². The Labute approximate surface area is 179 Å². The minimum atomic E-state index is -1.55. The average molecular weight is 421 g/mol. The van der Waals surface area contributed by atoms with Gasteiger partial charge in [-0.25, -0.2) is 0 Å². The zero-order valence-electron chi connectivity index (χ0n) is 17.6. The minimum absolute atomic E-state index is 0.0113. The third kappa shape index (κ3) is 4.12. The van der Waals surface area contributed by atoms with Crippen LogP contribution in [0.2, 0.25) is 0 Å². The molecule has 0 N–H and O–H groups in total. The Balaban J connectivity index is 2.48. The van der Waals surface area contributed by atoms with Crippen LogP contribution < -0.4 is 5.56 Å². The van der Waals surface area contributed by atoms with Crippen LogP contribution >= 0.6 is 0 Å². The lowest BCUT2D eigenvalue weighted by atomic mass is 9.89. The Morgan fingerprint density at radius 2 is 1.42 bits per heavy atom. The molecule has 1 aromatic heterocycles. The largest absolute Gasteiger partial charge is 0.465 e. The van der Waals surface area contributed by atoms with Crippen LogP contribution in [0.3, 0.4) is 0 Å². The van der Waals surface area contributed by atoms with Gasteiger partial charge in [0.15, 0.2) is 11.7 Å². The van der Waals surface area contributed by atoms with E-state index in [1.807, 2.05) is 6.07 Å². The van der Waals surface area contributed by atoms with Gasteiger partial charge in [0, 0.05) is 16.6 Å². The number of ether oxygens (including phenoxy) is 2. The van der Waals surface area contributed by atoms with Crippen molar-refractivity contribution in [1.82, 2.24) is 4.57 Å². The van der Waals surface area contributed by atoms with Crippen molar-refractivity contribution in [2.24, 2.45) is 0 Å². The maximum atomic E-state index is 13.5. The van der Waals surface area contributed by atoms with Crippen LogP contribution in [0.4, 0.5) is 0 Å². The number of hydrogen-bond donors (Lipinski definition) is 0. The number of aromatic nitrogens is 1. The van der Waals surface area contributed by atoms with Crippen molar-refractivity contribution in [3.63, 3.8) is 0 Å². The molecule has 0 atom stereocenters. The summed E-state index contributed by atoms with van der Waals surface area (Å²) < 4.78 is 11.6. The summed E-state index contributed by atoms with van der Waals surface area (Å²) in [6, 6.07) is 15.7. The molecule has 160 valence electrons. The summed E-state index contributed by atoms with van der Waals surface area (Å²) in [6.07, 6.45) is 0. The number of ketones is 1. The molecular weight excluding hydrogens is 398 g/mol. The molecule has 0 aliphatic heterocycles. The van der Waals surface area contributed by atoms with E-state index >= 15 is 0 Å². The van der Waals surface area contributed by atoms with Crippen molar-refractivity contribution in [3.8, 4) is 5.69 Å². The monoisotopic (exact) mass is 421 g/mol. The number of hydrogen-bond acceptors (Lipinski definition) is 6. The summed E-state index contributed by atoms with van der Waals surface area (Å²) in [5.41, 5.74) is 0.163. The summed E-state index contributed by atoms with van der Waals surface area (Å²) in [7, 11) is 0. The first-order chi connectivity index (χ1) is 14.9. The Morgan fingerprint density at radius 1 is 0.871 bits per heavy atom. The van der Waals surface area contributed by atoms with Crippen molar-refractivity contribution < 1.29 is 23.9 Å². The molecule has 2 aromatic carbocycles. The molecule has 0 aliphatic rings. The Morgan fingerprint density at radius 3 is 1.97 bits per heavy atom. The first kappa shape index (κ1) is 22.0. The van der Waals surface area contributed by atoms with Crippen molar-refractivity contribution in [2.75, 3.05) is 13.2 Å². The Hall–Kier alpha value is -3.74. The molecule has 0 fully saturated rings. The van der Waals surface area contributed by atoms with Gasteiger partial charge in [0.25, 0.3) is 5.56 Å². The number of rotatable bonds is 7. The van der Waals surface area contributed by atoms with Crippen LogP contribution in [-0.2, 0) is 19.1 Å². The molecule has 7 heteroatoms. The molecule has 1 heterocycles. The number of carbonyl (C=O) groups is 3. The molecule has 3 rings (SSSR count). The van der Waals surface area contributed by atoms with Crippen molar-refractivity contribution >= 4 is 28.6 Å². The van der Waals surface area contributed by atoms with Gasteiger partial charge in [-0.05, 0) is 39.0 Å². The van der Waals surface area contributed by atoms with E-state index in [4.69, 9.17) is 9.47 Å². The van der Waals surface area contributed by atoms with E-state index in [2.05, 4.69) is 0 Å². The quantitative estimate of drug-likeness (QED) is 0.330. The number of nitrogens with zero attached hydrogens (tertiary/aromatic N) is 1. The van der Waals surface area contributed by atoms with Gasteiger partial charge in [0.2, 0.25) is 0 Å². The van der Waals surface area contributed by atoms with Gasteiger partial charge in [0.1, 0.15) is 0 Å². The van der Waals surface area contributed by atoms with Gasteiger partial charge >= 0.3 is 11.9 Å². The van der Waals surface area contributed by atoms with E-state index in [0.717, 1.165) is 0 Å². The van der Waals surface area contributed by atoms with Crippen molar-refractivity contribution in [1.29, 1.82) is 0 Å². The predicted molar refractivity (Wildman–Crippen MR) is 116 cm³/mol. The van der Waals surface area contributed by atoms with E-state index in [1.165, 1.54) is 11.5 Å². The summed E-state index contributed by atoms with van der Waals surface area (Å²) in [4.78, 5) is 51.8. The highest BCUT2D eigenvalue weighted by Gasteiger charge is 2.37. The van der Waals surface area contributed by atoms with Crippen molar-refractivity contribution in [3.05, 3.63) is 76.1 Å². The van der Waals surface area contributed by atoms with Crippen LogP contribution in [0, 0.1) is 0 Å². The average Bonchev–Trinajstić information content (AvgIpc) is 2.74. The highest BCUT2D eigenvalue weighted by atomic mass is 16.6. The molecular formula is C24H23NO6. The minimum Gasteiger partial charge on any atom is -0.465 e. The van der Waals surface area contributed by atoms with Crippen molar-refractivity contribution in [2.45, 2.75) is 26.7 Å². The first-order valence-corrected chi connectivity index (χ1v) is 9.99. The van der Waals surface area contributed by atoms with Gasteiger partial charge in [0.05, 0.1) is 24.3 Å². The van der Waals surface area contributed by atoms with Gasteiger partial charge in [-0.1, -0.05) is 36.4 Å². The van der Waals surface area contributed by atoms with Crippen LogP contribution in [0.15, 0.2) is 59.4 Å². The normalized spacial score (nSPS) is 10.8. The SMILES string of the molecule is CCOC(=O)C(C(=O)OCC)c1c(C(C)=O)c(=O)n(-c2ccccc2)c2ccccc12. The second-order valence-corrected chi connectivity index (χ2v) is 6.78. The second-order valence-electron chi connectivity index (χ2n) is 6.78. The molecule has 0 amide bonds. The van der Waals surface area contributed by atoms with E-state index in [9.17, 15) is 19.2 Å². The lowest BCUT2D eigenvalue weighted by Crippen LogP contribution is -2.33. The summed E-state index contributed by atoms with van der Waals surface area (Å²) in [6.45, 7) is 4.51. The zero-order chi connectivity index (χ0) is 22.5. The fraction of sp³-hybridized carbons (Fsp3) is 0.250. The standard InChI is InChI=1S/C24H23NO6/c1-4-30-23(28)21(24(29)31-5-2)20-17-13-9-10-14-18(17)25(16-11-7-6-8-12-16)22(27)19(20)15(3)26/h6-14,21H,4-5H2,1-3H3. The molecule has 7 nitrogen and oxygen atoms in total. The van der Waals surface area contributed by atoms with E-state index < -0.39 is 29.2 Å². The summed E-state index contributed by atoms with van der Waals surface area (Å²) in [5.74, 6) is -3.85. The van der Waals surface area contributed by atoms with Gasteiger partial charge < -0.3 is 9.47 Å². The molecule has 0 radical (unpaired) electrons. The lowest BCUT2D eigenvalue weighted by molar-refractivity contribution is -0.156. The smallest absolute Gasteiger partial charge is 0.324 e.